The molecule has 0 bridgehead atoms. The van der Waals surface area contributed by atoms with Gasteiger partial charge in [-0.3, -0.25) is 9.69 Å². The van der Waals surface area contributed by atoms with Crippen LogP contribution in [-0.2, 0) is 11.2 Å². The highest BCUT2D eigenvalue weighted by molar-refractivity contribution is 8.00. The van der Waals surface area contributed by atoms with Gasteiger partial charge in [-0.15, -0.1) is 11.3 Å². The van der Waals surface area contributed by atoms with Crippen molar-refractivity contribution < 1.29 is 4.79 Å². The summed E-state index contributed by atoms with van der Waals surface area (Å²) in [5.74, 6) is 1.12. The van der Waals surface area contributed by atoms with Crippen LogP contribution in [0, 0.1) is 13.8 Å². The number of thiophene rings is 1. The number of aryl methyl sites for hydroxylation is 3. The standard InChI is InChI=1S/C25H22ClN3OS3/c1-4-7-21-27-24(23-14(2)15(3)32-25(23)28-21)31-13-22(30)29-17-8-5-6-9-19(17)33-20-11-10-16(26)12-18(20)29/h5-6,8-12H,4,7,13H2,1-3H3. The molecule has 2 aromatic carbocycles. The fraction of sp³-hybridized carbons (Fsp3) is 0.240. The number of benzene rings is 2. The maximum absolute atomic E-state index is 13.7. The lowest BCUT2D eigenvalue weighted by atomic mass is 10.2. The number of rotatable bonds is 5. The van der Waals surface area contributed by atoms with Gasteiger partial charge < -0.3 is 0 Å². The average molecular weight is 512 g/mol. The highest BCUT2D eigenvalue weighted by Crippen LogP contribution is 2.49. The number of hydrogen-bond acceptors (Lipinski definition) is 6. The van der Waals surface area contributed by atoms with Crippen molar-refractivity contribution in [3.63, 3.8) is 0 Å². The molecule has 0 saturated carbocycles. The van der Waals surface area contributed by atoms with Gasteiger partial charge in [0.1, 0.15) is 15.7 Å². The van der Waals surface area contributed by atoms with Crippen LogP contribution in [0.1, 0.15) is 29.6 Å². The lowest BCUT2D eigenvalue weighted by Crippen LogP contribution is -2.30. The molecular weight excluding hydrogens is 490 g/mol. The average Bonchev–Trinajstić information content (AvgIpc) is 3.09. The van der Waals surface area contributed by atoms with Gasteiger partial charge in [0.25, 0.3) is 0 Å². The first-order valence-electron chi connectivity index (χ1n) is 10.7. The number of para-hydroxylation sites is 1. The molecule has 0 fully saturated rings. The molecule has 0 saturated heterocycles. The molecule has 0 aliphatic carbocycles. The van der Waals surface area contributed by atoms with Gasteiger partial charge in [0.05, 0.1) is 17.1 Å². The topological polar surface area (TPSA) is 46.1 Å². The first-order valence-corrected chi connectivity index (χ1v) is 13.7. The first-order chi connectivity index (χ1) is 16.0. The van der Waals surface area contributed by atoms with E-state index in [1.54, 1.807) is 28.0 Å². The Labute approximate surface area is 210 Å². The molecule has 4 aromatic rings. The lowest BCUT2D eigenvalue weighted by Gasteiger charge is -2.31. The number of anilines is 2. The summed E-state index contributed by atoms with van der Waals surface area (Å²) in [6, 6.07) is 13.7. The molecule has 3 heterocycles. The maximum Gasteiger partial charge on any atom is 0.242 e. The molecule has 168 valence electrons. The van der Waals surface area contributed by atoms with Crippen LogP contribution in [0.25, 0.3) is 10.2 Å². The van der Waals surface area contributed by atoms with Crippen LogP contribution >= 0.6 is 46.5 Å². The van der Waals surface area contributed by atoms with Gasteiger partial charge in [-0.2, -0.15) is 0 Å². The summed E-state index contributed by atoms with van der Waals surface area (Å²) in [5, 5.41) is 2.59. The number of carbonyl (C=O) groups excluding carboxylic acids is 1. The minimum absolute atomic E-state index is 0.00433. The van der Waals surface area contributed by atoms with Crippen LogP contribution < -0.4 is 4.90 Å². The minimum Gasteiger partial charge on any atom is -0.278 e. The second-order valence-corrected chi connectivity index (χ2v) is 11.5. The number of halogens is 1. The second kappa shape index (κ2) is 9.29. The van der Waals surface area contributed by atoms with Crippen molar-refractivity contribution in [1.82, 2.24) is 9.97 Å². The molecular formula is C25H22ClN3OS3. The fourth-order valence-corrected chi connectivity index (χ4v) is 7.16. The van der Waals surface area contributed by atoms with Gasteiger partial charge in [-0.05, 0) is 56.2 Å². The molecule has 8 heteroatoms. The van der Waals surface area contributed by atoms with Crippen LogP contribution in [-0.4, -0.2) is 21.6 Å². The number of aromatic nitrogens is 2. The van der Waals surface area contributed by atoms with E-state index in [0.29, 0.717) is 5.02 Å². The van der Waals surface area contributed by atoms with E-state index in [-0.39, 0.29) is 11.7 Å². The molecule has 2 aromatic heterocycles. The summed E-state index contributed by atoms with van der Waals surface area (Å²) >= 11 is 11.2. The van der Waals surface area contributed by atoms with Crippen LogP contribution in [0.4, 0.5) is 11.4 Å². The third-order valence-corrected chi connectivity index (χ3v) is 9.01. The Balaban J connectivity index is 1.50. The molecule has 33 heavy (non-hydrogen) atoms. The SMILES string of the molecule is CCCc1nc(SCC(=O)N2c3ccccc3Sc3ccc(Cl)cc32)c2c(C)c(C)sc2n1. The van der Waals surface area contributed by atoms with Gasteiger partial charge in [0.2, 0.25) is 5.91 Å². The molecule has 0 unspecified atom stereocenters. The van der Waals surface area contributed by atoms with E-state index in [2.05, 4.69) is 20.8 Å². The zero-order chi connectivity index (χ0) is 23.1. The highest BCUT2D eigenvalue weighted by Gasteiger charge is 2.29. The van der Waals surface area contributed by atoms with Crippen molar-refractivity contribution in [3.8, 4) is 0 Å². The van der Waals surface area contributed by atoms with Gasteiger partial charge in [-0.1, -0.05) is 54.2 Å². The number of carbonyl (C=O) groups is 1. The van der Waals surface area contributed by atoms with E-state index in [0.717, 1.165) is 55.1 Å². The van der Waals surface area contributed by atoms with Crippen molar-refractivity contribution in [1.29, 1.82) is 0 Å². The zero-order valence-corrected chi connectivity index (χ0v) is 21.7. The van der Waals surface area contributed by atoms with Gasteiger partial charge >= 0.3 is 0 Å². The Morgan fingerprint density at radius 2 is 1.88 bits per heavy atom. The number of thioether (sulfide) groups is 1. The molecule has 1 aliphatic rings. The van der Waals surface area contributed by atoms with E-state index in [1.165, 1.54) is 22.2 Å². The predicted octanol–water partition coefficient (Wildman–Crippen LogP) is 7.84. The van der Waals surface area contributed by atoms with E-state index < -0.39 is 0 Å². The van der Waals surface area contributed by atoms with Crippen LogP contribution in [0.15, 0.2) is 57.3 Å². The molecule has 0 spiro atoms. The number of fused-ring (bicyclic) bond motifs is 3. The second-order valence-electron chi connectivity index (χ2n) is 7.86. The summed E-state index contributed by atoms with van der Waals surface area (Å²) in [7, 11) is 0. The van der Waals surface area contributed by atoms with Crippen molar-refractivity contribution >= 4 is 74.0 Å². The smallest absolute Gasteiger partial charge is 0.242 e. The van der Waals surface area contributed by atoms with Crippen LogP contribution in [0.5, 0.6) is 0 Å². The Bertz CT molecular complexity index is 1390. The Morgan fingerprint density at radius 1 is 1.09 bits per heavy atom. The third-order valence-electron chi connectivity index (χ3n) is 5.59. The van der Waals surface area contributed by atoms with Crippen molar-refractivity contribution in [2.75, 3.05) is 10.7 Å². The zero-order valence-electron chi connectivity index (χ0n) is 18.5. The quantitative estimate of drug-likeness (QED) is 0.202. The largest absolute Gasteiger partial charge is 0.278 e. The molecule has 5 rings (SSSR count). The van der Waals surface area contributed by atoms with Crippen LogP contribution in [0.3, 0.4) is 0 Å². The number of amides is 1. The summed E-state index contributed by atoms with van der Waals surface area (Å²) < 4.78 is 0. The Morgan fingerprint density at radius 3 is 2.70 bits per heavy atom. The summed E-state index contributed by atoms with van der Waals surface area (Å²) in [6.45, 7) is 6.35. The molecule has 1 amide bonds. The first kappa shape index (κ1) is 22.7. The van der Waals surface area contributed by atoms with Crippen molar-refractivity contribution in [3.05, 3.63) is 63.8 Å². The van der Waals surface area contributed by atoms with Crippen LogP contribution in [0.2, 0.25) is 5.02 Å². The van der Waals surface area contributed by atoms with E-state index in [1.807, 2.05) is 42.5 Å². The molecule has 1 aliphatic heterocycles. The Kier molecular flexibility index (Phi) is 6.40. The third kappa shape index (κ3) is 4.28. The monoisotopic (exact) mass is 511 g/mol. The Hall–Kier alpha value is -2.06. The number of nitrogens with zero attached hydrogens (tertiary/aromatic N) is 3. The van der Waals surface area contributed by atoms with E-state index in [9.17, 15) is 4.79 Å². The van der Waals surface area contributed by atoms with Crippen molar-refractivity contribution in [2.24, 2.45) is 0 Å². The summed E-state index contributed by atoms with van der Waals surface area (Å²) in [6.07, 6.45) is 1.81. The summed E-state index contributed by atoms with van der Waals surface area (Å²) in [5.41, 5.74) is 2.92. The number of hydrogen-bond donors (Lipinski definition) is 0. The highest BCUT2D eigenvalue weighted by atomic mass is 35.5. The predicted molar refractivity (Wildman–Crippen MR) is 141 cm³/mol. The van der Waals surface area contributed by atoms with Gasteiger partial charge in [-0.25, -0.2) is 9.97 Å². The lowest BCUT2D eigenvalue weighted by molar-refractivity contribution is -0.115. The van der Waals surface area contributed by atoms with Gasteiger partial charge in [0, 0.05) is 31.5 Å². The van der Waals surface area contributed by atoms with Crippen molar-refractivity contribution in [2.45, 2.75) is 48.4 Å². The molecule has 4 nitrogen and oxygen atoms in total. The summed E-state index contributed by atoms with van der Waals surface area (Å²) in [4.78, 5) is 29.4. The minimum atomic E-state index is 0.00433. The van der Waals surface area contributed by atoms with E-state index in [4.69, 9.17) is 21.6 Å². The molecule has 0 N–H and O–H groups in total. The molecule has 0 radical (unpaired) electrons. The normalized spacial score (nSPS) is 12.7. The molecule has 0 atom stereocenters. The van der Waals surface area contributed by atoms with Gasteiger partial charge in [0.15, 0.2) is 0 Å². The fourth-order valence-electron chi connectivity index (χ4n) is 3.89. The van der Waals surface area contributed by atoms with E-state index >= 15 is 0 Å². The maximum atomic E-state index is 13.7.